The third-order valence-electron chi connectivity index (χ3n) is 4.81. The summed E-state index contributed by atoms with van der Waals surface area (Å²) >= 11 is 0. The predicted octanol–water partition coefficient (Wildman–Crippen LogP) is 4.40. The zero-order valence-electron chi connectivity index (χ0n) is 14.3. The van der Waals surface area contributed by atoms with Gasteiger partial charge in [-0.3, -0.25) is 9.69 Å². The molecule has 1 aliphatic rings. The first-order valence-electron chi connectivity index (χ1n) is 8.61. The van der Waals surface area contributed by atoms with Gasteiger partial charge in [-0.1, -0.05) is 48.5 Å². The Kier molecular flexibility index (Phi) is 4.06. The highest BCUT2D eigenvalue weighted by molar-refractivity contribution is 5.91. The smallest absolute Gasteiger partial charge is 0.225 e. The molecule has 124 valence electrons. The van der Waals surface area contributed by atoms with E-state index in [-0.39, 0.29) is 5.91 Å². The molecule has 0 N–H and O–H groups in total. The number of hydrogen-bond donors (Lipinski definition) is 0. The normalized spacial score (nSPS) is 13.4. The standard InChI is InChI=1S/C22H20N2O/c1-16(25)24-15-21-14-20(17-6-3-2-4-7-17)12-10-18(21)9-11-19-8-5-13-23-22(19)24/h2-8,10,12-14H,9,11,15H2,1H3. The second-order valence-electron chi connectivity index (χ2n) is 6.44. The fraction of sp³-hybridized carbons (Fsp3) is 0.182. The molecular weight excluding hydrogens is 308 g/mol. The van der Waals surface area contributed by atoms with Gasteiger partial charge in [-0.05, 0) is 52.8 Å². The lowest BCUT2D eigenvalue weighted by Gasteiger charge is -2.27. The van der Waals surface area contributed by atoms with Gasteiger partial charge in [0.05, 0.1) is 6.54 Å². The molecule has 0 fully saturated rings. The number of rotatable bonds is 1. The van der Waals surface area contributed by atoms with E-state index in [4.69, 9.17) is 0 Å². The lowest BCUT2D eigenvalue weighted by molar-refractivity contribution is -0.116. The van der Waals surface area contributed by atoms with Crippen molar-refractivity contribution in [1.29, 1.82) is 0 Å². The summed E-state index contributed by atoms with van der Waals surface area (Å²) in [7, 11) is 0. The van der Waals surface area contributed by atoms with E-state index in [9.17, 15) is 4.79 Å². The van der Waals surface area contributed by atoms with Gasteiger partial charge in [-0.2, -0.15) is 0 Å². The Bertz CT molecular complexity index is 918. The van der Waals surface area contributed by atoms with Crippen LogP contribution in [0, 0.1) is 0 Å². The van der Waals surface area contributed by atoms with Gasteiger partial charge in [0, 0.05) is 13.1 Å². The van der Waals surface area contributed by atoms with Crippen LogP contribution in [0.25, 0.3) is 11.1 Å². The molecular formula is C22H20N2O. The number of fused-ring (bicyclic) bond motifs is 2. The number of aryl methyl sites for hydroxylation is 2. The molecule has 1 aliphatic heterocycles. The van der Waals surface area contributed by atoms with E-state index in [1.807, 2.05) is 24.3 Å². The summed E-state index contributed by atoms with van der Waals surface area (Å²) in [4.78, 5) is 18.6. The number of aromatic nitrogens is 1. The van der Waals surface area contributed by atoms with E-state index >= 15 is 0 Å². The molecule has 0 bridgehead atoms. The molecule has 0 unspecified atom stereocenters. The van der Waals surface area contributed by atoms with Crippen LogP contribution in [0.2, 0.25) is 0 Å². The molecule has 0 atom stereocenters. The van der Waals surface area contributed by atoms with Gasteiger partial charge >= 0.3 is 0 Å². The van der Waals surface area contributed by atoms with Crippen LogP contribution in [0.5, 0.6) is 0 Å². The largest absolute Gasteiger partial charge is 0.292 e. The van der Waals surface area contributed by atoms with E-state index in [0.717, 1.165) is 24.2 Å². The summed E-state index contributed by atoms with van der Waals surface area (Å²) in [5.74, 6) is 0.823. The van der Waals surface area contributed by atoms with Gasteiger partial charge in [0.15, 0.2) is 0 Å². The monoisotopic (exact) mass is 328 g/mol. The number of carbonyl (C=O) groups excluding carboxylic acids is 1. The summed E-state index contributed by atoms with van der Waals surface area (Å²) in [5.41, 5.74) is 6.02. The van der Waals surface area contributed by atoms with E-state index in [1.54, 1.807) is 18.0 Å². The third kappa shape index (κ3) is 3.05. The Morgan fingerprint density at radius 1 is 0.880 bits per heavy atom. The van der Waals surface area contributed by atoms with Crippen molar-refractivity contribution < 1.29 is 4.79 Å². The van der Waals surface area contributed by atoms with Gasteiger partial charge in [0.1, 0.15) is 5.82 Å². The number of pyridine rings is 1. The summed E-state index contributed by atoms with van der Waals surface area (Å²) in [6, 6.07) is 21.0. The molecule has 25 heavy (non-hydrogen) atoms. The molecule has 0 saturated carbocycles. The van der Waals surface area contributed by atoms with Gasteiger partial charge in [0.2, 0.25) is 5.91 Å². The second-order valence-corrected chi connectivity index (χ2v) is 6.44. The van der Waals surface area contributed by atoms with Crippen LogP contribution < -0.4 is 4.90 Å². The first-order chi connectivity index (χ1) is 12.2. The third-order valence-corrected chi connectivity index (χ3v) is 4.81. The maximum Gasteiger partial charge on any atom is 0.225 e. The summed E-state index contributed by atoms with van der Waals surface area (Å²) in [6.07, 6.45) is 3.62. The quantitative estimate of drug-likeness (QED) is 0.663. The van der Waals surface area contributed by atoms with Crippen molar-refractivity contribution in [2.45, 2.75) is 26.3 Å². The Labute approximate surface area is 148 Å². The number of hydrogen-bond acceptors (Lipinski definition) is 2. The SMILES string of the molecule is CC(=O)N1Cc2cc(-c3ccccc3)ccc2CCc2cccnc21. The van der Waals surface area contributed by atoms with Gasteiger partial charge < -0.3 is 0 Å². The molecule has 2 aromatic carbocycles. The zero-order chi connectivity index (χ0) is 17.2. The number of nitrogens with zero attached hydrogens (tertiary/aromatic N) is 2. The van der Waals surface area contributed by atoms with Crippen molar-refractivity contribution in [2.75, 3.05) is 4.90 Å². The average Bonchev–Trinajstić information content (AvgIpc) is 2.64. The number of amides is 1. The van der Waals surface area contributed by atoms with Crippen LogP contribution in [-0.4, -0.2) is 10.9 Å². The van der Waals surface area contributed by atoms with Gasteiger partial charge in [-0.15, -0.1) is 0 Å². The van der Waals surface area contributed by atoms with Crippen molar-refractivity contribution in [3.8, 4) is 11.1 Å². The Morgan fingerprint density at radius 3 is 2.48 bits per heavy atom. The highest BCUT2D eigenvalue weighted by atomic mass is 16.2. The molecule has 2 heterocycles. The van der Waals surface area contributed by atoms with Crippen molar-refractivity contribution in [2.24, 2.45) is 0 Å². The number of anilines is 1. The van der Waals surface area contributed by atoms with Crippen LogP contribution in [0.4, 0.5) is 5.82 Å². The van der Waals surface area contributed by atoms with Crippen molar-refractivity contribution in [3.05, 3.63) is 83.6 Å². The lowest BCUT2D eigenvalue weighted by Crippen LogP contribution is -2.31. The summed E-state index contributed by atoms with van der Waals surface area (Å²) in [5, 5.41) is 0. The lowest BCUT2D eigenvalue weighted by atomic mass is 9.93. The van der Waals surface area contributed by atoms with Gasteiger partial charge in [-0.25, -0.2) is 4.98 Å². The highest BCUT2D eigenvalue weighted by Gasteiger charge is 2.21. The van der Waals surface area contributed by atoms with E-state index in [0.29, 0.717) is 6.54 Å². The fourth-order valence-corrected chi connectivity index (χ4v) is 3.47. The van der Waals surface area contributed by atoms with Crippen LogP contribution in [-0.2, 0) is 24.2 Å². The van der Waals surface area contributed by atoms with Crippen molar-refractivity contribution in [3.63, 3.8) is 0 Å². The van der Waals surface area contributed by atoms with Gasteiger partial charge in [0.25, 0.3) is 0 Å². The predicted molar refractivity (Wildman–Crippen MR) is 100 cm³/mol. The zero-order valence-corrected chi connectivity index (χ0v) is 14.3. The van der Waals surface area contributed by atoms with Crippen LogP contribution in [0.1, 0.15) is 23.6 Å². The second kappa shape index (κ2) is 6.52. The molecule has 3 aromatic rings. The van der Waals surface area contributed by atoms with Crippen molar-refractivity contribution >= 4 is 11.7 Å². The molecule has 0 saturated heterocycles. The molecule has 1 amide bonds. The van der Waals surface area contributed by atoms with E-state index < -0.39 is 0 Å². The molecule has 3 heteroatoms. The Hall–Kier alpha value is -2.94. The minimum atomic E-state index is 0.0258. The molecule has 4 rings (SSSR count). The van der Waals surface area contributed by atoms with E-state index in [1.165, 1.54) is 22.3 Å². The molecule has 0 radical (unpaired) electrons. The average molecular weight is 328 g/mol. The maximum atomic E-state index is 12.3. The van der Waals surface area contributed by atoms with E-state index in [2.05, 4.69) is 41.4 Å². The maximum absolute atomic E-state index is 12.3. The Morgan fingerprint density at radius 2 is 1.68 bits per heavy atom. The minimum Gasteiger partial charge on any atom is -0.292 e. The van der Waals surface area contributed by atoms with Crippen LogP contribution in [0.3, 0.4) is 0 Å². The number of carbonyl (C=O) groups is 1. The van der Waals surface area contributed by atoms with Crippen molar-refractivity contribution in [1.82, 2.24) is 4.98 Å². The number of benzene rings is 2. The van der Waals surface area contributed by atoms with Crippen LogP contribution >= 0.6 is 0 Å². The molecule has 0 aliphatic carbocycles. The highest BCUT2D eigenvalue weighted by Crippen LogP contribution is 2.29. The molecule has 1 aromatic heterocycles. The molecule has 3 nitrogen and oxygen atoms in total. The summed E-state index contributed by atoms with van der Waals surface area (Å²) in [6.45, 7) is 2.18. The van der Waals surface area contributed by atoms with Crippen LogP contribution in [0.15, 0.2) is 66.9 Å². The topological polar surface area (TPSA) is 33.2 Å². The minimum absolute atomic E-state index is 0.0258. The fourth-order valence-electron chi connectivity index (χ4n) is 3.47. The first kappa shape index (κ1) is 15.6. The first-order valence-corrected chi connectivity index (χ1v) is 8.61. The molecule has 0 spiro atoms. The Balaban J connectivity index is 1.78. The summed E-state index contributed by atoms with van der Waals surface area (Å²) < 4.78 is 0.